The second kappa shape index (κ2) is 6.41. The van der Waals surface area contributed by atoms with E-state index in [1.165, 1.54) is 13.2 Å². The standard InChI is InChI=1S/C15H20O5/c1-15(2,3)20-13(16)8-6-10-5-7-12(19-4)11(9-10)14(17)18/h5,7,9H,6,8H2,1-4H3,(H,17,18). The van der Waals surface area contributed by atoms with Crippen LogP contribution in [0.5, 0.6) is 5.75 Å². The molecule has 0 aliphatic heterocycles. The Morgan fingerprint density at radius 2 is 1.90 bits per heavy atom. The van der Waals surface area contributed by atoms with E-state index in [2.05, 4.69) is 0 Å². The zero-order valence-corrected chi connectivity index (χ0v) is 12.2. The number of hydrogen-bond donors (Lipinski definition) is 1. The molecule has 1 rings (SSSR count). The lowest BCUT2D eigenvalue weighted by molar-refractivity contribution is -0.154. The number of aryl methyl sites for hydroxylation is 1. The molecule has 5 heteroatoms. The van der Waals surface area contributed by atoms with Gasteiger partial charge in [-0.15, -0.1) is 0 Å². The molecule has 0 bridgehead atoms. The smallest absolute Gasteiger partial charge is 0.339 e. The van der Waals surface area contributed by atoms with Crippen LogP contribution in [-0.2, 0) is 16.0 Å². The number of aromatic carboxylic acids is 1. The highest BCUT2D eigenvalue weighted by Crippen LogP contribution is 2.21. The van der Waals surface area contributed by atoms with E-state index >= 15 is 0 Å². The highest BCUT2D eigenvalue weighted by molar-refractivity contribution is 5.91. The summed E-state index contributed by atoms with van der Waals surface area (Å²) in [5.41, 5.74) is 0.340. The number of benzene rings is 1. The van der Waals surface area contributed by atoms with E-state index < -0.39 is 11.6 Å². The fraction of sp³-hybridized carbons (Fsp3) is 0.467. The molecular formula is C15H20O5. The second-order valence-electron chi connectivity index (χ2n) is 5.43. The van der Waals surface area contributed by atoms with E-state index in [1.807, 2.05) is 0 Å². The number of methoxy groups -OCH3 is 1. The van der Waals surface area contributed by atoms with Crippen molar-refractivity contribution in [3.05, 3.63) is 29.3 Å². The Kier molecular flexibility index (Phi) is 5.13. The number of hydrogen-bond acceptors (Lipinski definition) is 4. The van der Waals surface area contributed by atoms with E-state index in [0.29, 0.717) is 12.2 Å². The van der Waals surface area contributed by atoms with Crippen molar-refractivity contribution < 1.29 is 24.2 Å². The van der Waals surface area contributed by atoms with Crippen LogP contribution < -0.4 is 4.74 Å². The Morgan fingerprint density at radius 1 is 1.25 bits per heavy atom. The van der Waals surface area contributed by atoms with Crippen LogP contribution in [0.3, 0.4) is 0 Å². The van der Waals surface area contributed by atoms with Crippen molar-refractivity contribution in [1.82, 2.24) is 0 Å². The van der Waals surface area contributed by atoms with Crippen LogP contribution in [0.15, 0.2) is 18.2 Å². The average Bonchev–Trinajstić information content (AvgIpc) is 2.33. The molecule has 20 heavy (non-hydrogen) atoms. The minimum atomic E-state index is -1.05. The van der Waals surface area contributed by atoms with Gasteiger partial charge in [0.1, 0.15) is 16.9 Å². The van der Waals surface area contributed by atoms with Gasteiger partial charge in [0, 0.05) is 6.42 Å². The van der Waals surface area contributed by atoms with Gasteiger partial charge in [-0.25, -0.2) is 4.79 Å². The van der Waals surface area contributed by atoms with Crippen LogP contribution in [0.2, 0.25) is 0 Å². The molecule has 1 aromatic rings. The van der Waals surface area contributed by atoms with Crippen molar-refractivity contribution in [2.45, 2.75) is 39.2 Å². The first-order valence-corrected chi connectivity index (χ1v) is 6.35. The highest BCUT2D eigenvalue weighted by Gasteiger charge is 2.17. The van der Waals surface area contributed by atoms with E-state index in [9.17, 15) is 9.59 Å². The summed E-state index contributed by atoms with van der Waals surface area (Å²) in [6.45, 7) is 5.42. The predicted octanol–water partition coefficient (Wildman–Crippen LogP) is 2.67. The number of carboxylic acid groups (broad SMARTS) is 1. The van der Waals surface area contributed by atoms with Crippen LogP contribution in [0.1, 0.15) is 43.1 Å². The Morgan fingerprint density at radius 3 is 2.40 bits per heavy atom. The number of carboxylic acids is 1. The van der Waals surface area contributed by atoms with Gasteiger partial charge in [0.05, 0.1) is 7.11 Å². The Balaban J connectivity index is 2.72. The zero-order valence-electron chi connectivity index (χ0n) is 12.2. The molecule has 0 aliphatic rings. The molecule has 0 heterocycles. The fourth-order valence-electron chi connectivity index (χ4n) is 1.72. The maximum atomic E-state index is 11.6. The molecule has 0 saturated carbocycles. The lowest BCUT2D eigenvalue weighted by Gasteiger charge is -2.19. The quantitative estimate of drug-likeness (QED) is 0.839. The third-order valence-corrected chi connectivity index (χ3v) is 2.53. The van der Waals surface area contributed by atoms with Crippen molar-refractivity contribution >= 4 is 11.9 Å². The summed E-state index contributed by atoms with van der Waals surface area (Å²) in [7, 11) is 1.42. The Labute approximate surface area is 118 Å². The van der Waals surface area contributed by atoms with Crippen molar-refractivity contribution in [3.8, 4) is 5.75 Å². The fourth-order valence-corrected chi connectivity index (χ4v) is 1.72. The third-order valence-electron chi connectivity index (χ3n) is 2.53. The number of ether oxygens (including phenoxy) is 2. The summed E-state index contributed by atoms with van der Waals surface area (Å²) in [5, 5.41) is 9.08. The molecule has 1 aromatic carbocycles. The van der Waals surface area contributed by atoms with E-state index in [1.54, 1.807) is 32.9 Å². The monoisotopic (exact) mass is 280 g/mol. The third kappa shape index (κ3) is 4.91. The van der Waals surface area contributed by atoms with Crippen LogP contribution in [0.25, 0.3) is 0 Å². The van der Waals surface area contributed by atoms with Crippen molar-refractivity contribution in [2.75, 3.05) is 7.11 Å². The lowest BCUT2D eigenvalue weighted by Crippen LogP contribution is -2.24. The first-order valence-electron chi connectivity index (χ1n) is 6.35. The normalized spacial score (nSPS) is 11.0. The lowest BCUT2D eigenvalue weighted by atomic mass is 10.1. The number of rotatable bonds is 5. The molecule has 0 fully saturated rings. The topological polar surface area (TPSA) is 72.8 Å². The summed E-state index contributed by atoms with van der Waals surface area (Å²) in [4.78, 5) is 22.7. The molecule has 0 spiro atoms. The van der Waals surface area contributed by atoms with Crippen LogP contribution >= 0.6 is 0 Å². The van der Waals surface area contributed by atoms with Gasteiger partial charge in [-0.2, -0.15) is 0 Å². The molecule has 0 aliphatic carbocycles. The Hall–Kier alpha value is -2.04. The average molecular weight is 280 g/mol. The molecule has 0 unspecified atom stereocenters. The van der Waals surface area contributed by atoms with Gasteiger partial charge in [0.25, 0.3) is 0 Å². The molecule has 0 amide bonds. The molecule has 0 aromatic heterocycles. The summed E-state index contributed by atoms with van der Waals surface area (Å²) in [6.07, 6.45) is 0.641. The summed E-state index contributed by atoms with van der Waals surface area (Å²) < 4.78 is 10.2. The minimum Gasteiger partial charge on any atom is -0.496 e. The van der Waals surface area contributed by atoms with Crippen molar-refractivity contribution in [3.63, 3.8) is 0 Å². The van der Waals surface area contributed by atoms with Crippen molar-refractivity contribution in [2.24, 2.45) is 0 Å². The first kappa shape index (κ1) is 16.0. The van der Waals surface area contributed by atoms with Gasteiger partial charge in [-0.05, 0) is 44.9 Å². The molecule has 5 nitrogen and oxygen atoms in total. The largest absolute Gasteiger partial charge is 0.496 e. The highest BCUT2D eigenvalue weighted by atomic mass is 16.6. The van der Waals surface area contributed by atoms with Gasteiger partial charge < -0.3 is 14.6 Å². The number of esters is 1. The summed E-state index contributed by atoms with van der Waals surface area (Å²) in [5.74, 6) is -1.05. The van der Waals surface area contributed by atoms with Gasteiger partial charge in [-0.3, -0.25) is 4.79 Å². The molecule has 110 valence electrons. The molecule has 1 N–H and O–H groups in total. The zero-order chi connectivity index (χ0) is 15.3. The van der Waals surface area contributed by atoms with E-state index in [-0.39, 0.29) is 18.0 Å². The molecular weight excluding hydrogens is 260 g/mol. The maximum Gasteiger partial charge on any atom is 0.339 e. The molecule has 0 atom stereocenters. The second-order valence-corrected chi connectivity index (χ2v) is 5.43. The van der Waals surface area contributed by atoms with Crippen LogP contribution in [0.4, 0.5) is 0 Å². The summed E-state index contributed by atoms with van der Waals surface area (Å²) >= 11 is 0. The number of carbonyl (C=O) groups is 2. The summed E-state index contributed by atoms with van der Waals surface area (Å²) in [6, 6.07) is 4.86. The van der Waals surface area contributed by atoms with E-state index in [0.717, 1.165) is 5.56 Å². The maximum absolute atomic E-state index is 11.6. The predicted molar refractivity (Wildman–Crippen MR) is 74.1 cm³/mol. The molecule has 0 radical (unpaired) electrons. The SMILES string of the molecule is COc1ccc(CCC(=O)OC(C)(C)C)cc1C(=O)O. The Bertz CT molecular complexity index is 499. The van der Waals surface area contributed by atoms with Crippen LogP contribution in [-0.4, -0.2) is 29.8 Å². The van der Waals surface area contributed by atoms with Gasteiger partial charge >= 0.3 is 11.9 Å². The van der Waals surface area contributed by atoms with E-state index in [4.69, 9.17) is 14.6 Å². The van der Waals surface area contributed by atoms with Crippen molar-refractivity contribution in [1.29, 1.82) is 0 Å². The molecule has 0 saturated heterocycles. The van der Waals surface area contributed by atoms with Crippen LogP contribution in [0, 0.1) is 0 Å². The minimum absolute atomic E-state index is 0.0918. The van der Waals surface area contributed by atoms with Gasteiger partial charge in [0.15, 0.2) is 0 Å². The van der Waals surface area contributed by atoms with Gasteiger partial charge in [-0.1, -0.05) is 6.07 Å². The van der Waals surface area contributed by atoms with Gasteiger partial charge in [0.2, 0.25) is 0 Å². The number of carbonyl (C=O) groups excluding carboxylic acids is 1. The first-order chi connectivity index (χ1) is 9.23.